The van der Waals surface area contributed by atoms with Crippen LogP contribution in [0.3, 0.4) is 0 Å². The van der Waals surface area contributed by atoms with Gasteiger partial charge in [0.1, 0.15) is 0 Å². The average Bonchev–Trinajstić information content (AvgIpc) is 1.68. The van der Waals surface area contributed by atoms with Crippen LogP contribution in [-0.4, -0.2) is 21.9 Å². The third-order valence-corrected chi connectivity index (χ3v) is 2.08. The van der Waals surface area contributed by atoms with Crippen LogP contribution >= 0.6 is 11.6 Å². The van der Waals surface area contributed by atoms with E-state index in [1.165, 1.54) is 0 Å². The fraction of sp³-hybridized carbons (Fsp3) is 1.00. The van der Waals surface area contributed by atoms with Crippen molar-refractivity contribution < 1.29 is 4.43 Å². The molecular formula is C4H9ClOSi. The zero-order valence-electron chi connectivity index (χ0n) is 4.57. The molecule has 0 aromatic rings. The number of hydrogen-bond acceptors (Lipinski definition) is 1. The zero-order valence-corrected chi connectivity index (χ0v) is 6.33. The maximum atomic E-state index is 5.65. The van der Waals surface area contributed by atoms with Gasteiger partial charge in [-0.1, -0.05) is 6.92 Å². The first kappa shape index (κ1) is 7.47. The maximum Gasteiger partial charge on any atom is 0.248 e. The van der Waals surface area contributed by atoms with E-state index in [1.54, 1.807) is 7.11 Å². The van der Waals surface area contributed by atoms with Gasteiger partial charge in [-0.05, 0) is 6.42 Å². The molecule has 0 aromatic heterocycles. The van der Waals surface area contributed by atoms with Crippen molar-refractivity contribution >= 4 is 21.4 Å². The minimum Gasteiger partial charge on any atom is -0.419 e. The summed E-state index contributed by atoms with van der Waals surface area (Å²) in [5.41, 5.74) is 0. The standard InChI is InChI=1S/C4H9ClOSi/c1-3-4(5)7-6-2/h4H,3H2,1-2H3. The molecule has 0 saturated carbocycles. The van der Waals surface area contributed by atoms with Crippen LogP contribution in [0.2, 0.25) is 0 Å². The van der Waals surface area contributed by atoms with Crippen LogP contribution in [-0.2, 0) is 4.43 Å². The molecule has 42 valence electrons. The van der Waals surface area contributed by atoms with E-state index in [-0.39, 0.29) is 5.00 Å². The van der Waals surface area contributed by atoms with Gasteiger partial charge in [0, 0.05) is 7.11 Å². The highest BCUT2D eigenvalue weighted by molar-refractivity contribution is 6.48. The van der Waals surface area contributed by atoms with E-state index in [1.807, 2.05) is 6.92 Å². The highest BCUT2D eigenvalue weighted by atomic mass is 35.5. The molecule has 0 saturated heterocycles. The van der Waals surface area contributed by atoms with Gasteiger partial charge >= 0.3 is 0 Å². The van der Waals surface area contributed by atoms with E-state index < -0.39 is 0 Å². The summed E-state index contributed by atoms with van der Waals surface area (Å²) in [5, 5.41) is 0.227. The Bertz CT molecular complexity index is 42.7. The average molecular weight is 137 g/mol. The number of hydrogen-bond donors (Lipinski definition) is 0. The Balaban J connectivity index is 2.83. The van der Waals surface area contributed by atoms with E-state index >= 15 is 0 Å². The molecule has 0 aliphatic rings. The van der Waals surface area contributed by atoms with Crippen LogP contribution in [0.4, 0.5) is 0 Å². The molecule has 0 bridgehead atoms. The Kier molecular flexibility index (Phi) is 4.93. The lowest BCUT2D eigenvalue weighted by atomic mass is 10.6. The van der Waals surface area contributed by atoms with Crippen molar-refractivity contribution in [2.24, 2.45) is 0 Å². The second kappa shape index (κ2) is 4.62. The van der Waals surface area contributed by atoms with Gasteiger partial charge < -0.3 is 4.43 Å². The molecule has 3 heteroatoms. The molecule has 7 heavy (non-hydrogen) atoms. The monoisotopic (exact) mass is 136 g/mol. The van der Waals surface area contributed by atoms with Crippen LogP contribution in [0.1, 0.15) is 13.3 Å². The van der Waals surface area contributed by atoms with Crippen molar-refractivity contribution in [2.45, 2.75) is 18.3 Å². The Hall–Kier alpha value is 0.467. The fourth-order valence-electron chi connectivity index (χ4n) is 0.211. The van der Waals surface area contributed by atoms with Gasteiger partial charge in [0.15, 0.2) is 0 Å². The predicted molar refractivity (Wildman–Crippen MR) is 32.7 cm³/mol. The van der Waals surface area contributed by atoms with E-state index in [0.717, 1.165) is 6.42 Å². The lowest BCUT2D eigenvalue weighted by Gasteiger charge is -1.98. The third-order valence-electron chi connectivity index (χ3n) is 0.604. The molecule has 0 N–H and O–H groups in total. The normalized spacial score (nSPS) is 14.1. The lowest BCUT2D eigenvalue weighted by molar-refractivity contribution is 0.438. The van der Waals surface area contributed by atoms with E-state index in [4.69, 9.17) is 16.0 Å². The first-order valence-electron chi connectivity index (χ1n) is 2.23. The van der Waals surface area contributed by atoms with Crippen molar-refractivity contribution in [3.63, 3.8) is 0 Å². The molecule has 0 heterocycles. The summed E-state index contributed by atoms with van der Waals surface area (Å²) in [6, 6.07) is 0. The third kappa shape index (κ3) is 4.32. The van der Waals surface area contributed by atoms with Crippen LogP contribution in [0, 0.1) is 0 Å². The molecule has 0 spiro atoms. The Labute approximate surface area is 51.9 Å². The Morgan fingerprint density at radius 2 is 2.43 bits per heavy atom. The Morgan fingerprint density at radius 3 is 2.57 bits per heavy atom. The number of rotatable bonds is 3. The summed E-state index contributed by atoms with van der Waals surface area (Å²) in [5.74, 6) is 0. The van der Waals surface area contributed by atoms with Crippen LogP contribution in [0.15, 0.2) is 0 Å². The first-order chi connectivity index (χ1) is 3.31. The molecule has 1 nitrogen and oxygen atoms in total. The largest absolute Gasteiger partial charge is 0.419 e. The van der Waals surface area contributed by atoms with Gasteiger partial charge in [0.2, 0.25) is 9.76 Å². The highest BCUT2D eigenvalue weighted by Crippen LogP contribution is 1.96. The van der Waals surface area contributed by atoms with Crippen LogP contribution < -0.4 is 0 Å². The van der Waals surface area contributed by atoms with Crippen molar-refractivity contribution in [2.75, 3.05) is 7.11 Å². The predicted octanol–water partition coefficient (Wildman–Crippen LogP) is 1.23. The van der Waals surface area contributed by atoms with E-state index in [2.05, 4.69) is 0 Å². The summed E-state index contributed by atoms with van der Waals surface area (Å²) >= 11 is 5.65. The molecule has 0 aliphatic carbocycles. The first-order valence-corrected chi connectivity index (χ1v) is 3.66. The zero-order chi connectivity index (χ0) is 5.70. The van der Waals surface area contributed by atoms with Gasteiger partial charge in [0.05, 0.1) is 5.00 Å². The van der Waals surface area contributed by atoms with Crippen molar-refractivity contribution in [3.05, 3.63) is 0 Å². The quantitative estimate of drug-likeness (QED) is 0.419. The molecule has 0 aromatic carbocycles. The Morgan fingerprint density at radius 1 is 1.86 bits per heavy atom. The fourth-order valence-corrected chi connectivity index (χ4v) is 0.901. The minimum absolute atomic E-state index is 0.227. The van der Waals surface area contributed by atoms with Crippen molar-refractivity contribution in [3.8, 4) is 0 Å². The van der Waals surface area contributed by atoms with Gasteiger partial charge in [-0.25, -0.2) is 0 Å². The SMILES string of the molecule is CCC(Cl)[Si]OC. The van der Waals surface area contributed by atoms with Gasteiger partial charge in [-0.2, -0.15) is 0 Å². The molecular weight excluding hydrogens is 128 g/mol. The van der Waals surface area contributed by atoms with Crippen LogP contribution in [0.25, 0.3) is 0 Å². The van der Waals surface area contributed by atoms with Gasteiger partial charge in [0.25, 0.3) is 0 Å². The van der Waals surface area contributed by atoms with Crippen LogP contribution in [0.5, 0.6) is 0 Å². The van der Waals surface area contributed by atoms with E-state index in [9.17, 15) is 0 Å². The second-order valence-corrected chi connectivity index (χ2v) is 3.43. The molecule has 0 amide bonds. The van der Waals surface area contributed by atoms with Gasteiger partial charge in [-0.15, -0.1) is 11.6 Å². The lowest BCUT2D eigenvalue weighted by Crippen LogP contribution is -2.09. The second-order valence-electron chi connectivity index (χ2n) is 1.20. The summed E-state index contributed by atoms with van der Waals surface area (Å²) in [7, 11) is 2.12. The smallest absolute Gasteiger partial charge is 0.248 e. The molecule has 0 fully saturated rings. The molecule has 0 aliphatic heterocycles. The molecule has 1 atom stereocenters. The van der Waals surface area contributed by atoms with Gasteiger partial charge in [-0.3, -0.25) is 0 Å². The minimum atomic E-state index is 0.227. The van der Waals surface area contributed by atoms with Crippen molar-refractivity contribution in [1.29, 1.82) is 0 Å². The summed E-state index contributed by atoms with van der Waals surface area (Å²) in [4.78, 5) is 0. The van der Waals surface area contributed by atoms with Crippen molar-refractivity contribution in [1.82, 2.24) is 0 Å². The maximum absolute atomic E-state index is 5.65. The highest BCUT2D eigenvalue weighted by Gasteiger charge is 1.99. The van der Waals surface area contributed by atoms with E-state index in [0.29, 0.717) is 9.76 Å². The number of alkyl halides is 1. The molecule has 2 radical (unpaired) electrons. The summed E-state index contributed by atoms with van der Waals surface area (Å²) in [6.45, 7) is 2.05. The summed E-state index contributed by atoms with van der Waals surface area (Å²) in [6.07, 6.45) is 0.994. The number of halogens is 1. The molecule has 1 unspecified atom stereocenters. The molecule has 0 rings (SSSR count). The topological polar surface area (TPSA) is 9.23 Å². The summed E-state index contributed by atoms with van der Waals surface area (Å²) < 4.78 is 4.79.